The number of ether oxygens (including phenoxy) is 2. The molecule has 0 bridgehead atoms. The van der Waals surface area contributed by atoms with Gasteiger partial charge in [0.2, 0.25) is 0 Å². The van der Waals surface area contributed by atoms with Crippen LogP contribution in [-0.4, -0.2) is 28.8 Å². The largest absolute Gasteiger partial charge is 0.496 e. The van der Waals surface area contributed by atoms with Crippen LogP contribution in [0.25, 0.3) is 22.5 Å². The summed E-state index contributed by atoms with van der Waals surface area (Å²) in [6, 6.07) is 21.5. The molecular formula is C35H33N3O4S. The average Bonchev–Trinajstić information content (AvgIpc) is 3.45. The third-order valence-corrected chi connectivity index (χ3v) is 8.97. The maximum Gasteiger partial charge on any atom is 0.338 e. The van der Waals surface area contributed by atoms with Gasteiger partial charge in [-0.2, -0.15) is 0 Å². The first-order valence-electron chi connectivity index (χ1n) is 14.2. The first kappa shape index (κ1) is 28.4. The highest BCUT2D eigenvalue weighted by Crippen LogP contribution is 2.40. The number of carbonyl (C=O) groups excluding carboxylic acids is 1. The van der Waals surface area contributed by atoms with Gasteiger partial charge in [0.25, 0.3) is 5.56 Å². The molecule has 8 heteroatoms. The Bertz CT molecular complexity index is 2110. The van der Waals surface area contributed by atoms with Gasteiger partial charge in [0.1, 0.15) is 11.8 Å². The van der Waals surface area contributed by atoms with E-state index in [4.69, 9.17) is 14.5 Å². The number of methoxy groups -OCH3 is 1. The fourth-order valence-electron chi connectivity index (χ4n) is 5.97. The Labute approximate surface area is 253 Å². The fourth-order valence-corrected chi connectivity index (χ4v) is 7.00. The second-order valence-corrected chi connectivity index (χ2v) is 11.7. The van der Waals surface area contributed by atoms with Crippen LogP contribution in [0.3, 0.4) is 0 Å². The topological polar surface area (TPSA) is 74.8 Å². The smallest absolute Gasteiger partial charge is 0.338 e. The zero-order valence-corrected chi connectivity index (χ0v) is 25.9. The van der Waals surface area contributed by atoms with Gasteiger partial charge in [-0.3, -0.25) is 9.36 Å². The van der Waals surface area contributed by atoms with E-state index in [0.717, 1.165) is 39.0 Å². The molecule has 0 amide bonds. The predicted molar refractivity (Wildman–Crippen MR) is 171 cm³/mol. The number of benzene rings is 3. The number of rotatable bonds is 6. The highest BCUT2D eigenvalue weighted by atomic mass is 32.1. The third-order valence-electron chi connectivity index (χ3n) is 7.99. The molecule has 0 aliphatic carbocycles. The SMILES string of the molecule is CCOC(=O)C1=C(C)N=c2s/c(=C/c3cc(C)n(-c4ccc(C)cc4)c3C)c(=O)n2[C@@H]1c1c(OC)ccc2ccccc12. The summed E-state index contributed by atoms with van der Waals surface area (Å²) in [7, 11) is 1.60. The number of esters is 1. The Morgan fingerprint density at radius 3 is 2.49 bits per heavy atom. The molecule has 0 radical (unpaired) electrons. The van der Waals surface area contributed by atoms with E-state index in [1.165, 1.54) is 16.9 Å². The minimum absolute atomic E-state index is 0.204. The van der Waals surface area contributed by atoms with Crippen LogP contribution in [0, 0.1) is 20.8 Å². The number of hydrogen-bond acceptors (Lipinski definition) is 6. The quantitative estimate of drug-likeness (QED) is 0.238. The van der Waals surface area contributed by atoms with Gasteiger partial charge >= 0.3 is 5.97 Å². The number of fused-ring (bicyclic) bond motifs is 2. The molecule has 43 heavy (non-hydrogen) atoms. The molecule has 218 valence electrons. The summed E-state index contributed by atoms with van der Waals surface area (Å²) in [5, 5.41) is 1.86. The van der Waals surface area contributed by atoms with Crippen molar-refractivity contribution in [2.24, 2.45) is 4.99 Å². The van der Waals surface area contributed by atoms with Crippen molar-refractivity contribution in [3.05, 3.63) is 126 Å². The van der Waals surface area contributed by atoms with Crippen LogP contribution in [0.5, 0.6) is 5.75 Å². The third kappa shape index (κ3) is 4.81. The predicted octanol–water partition coefficient (Wildman–Crippen LogP) is 5.68. The summed E-state index contributed by atoms with van der Waals surface area (Å²) in [5.41, 5.74) is 6.66. The monoisotopic (exact) mass is 591 g/mol. The highest BCUT2D eigenvalue weighted by molar-refractivity contribution is 7.07. The summed E-state index contributed by atoms with van der Waals surface area (Å²) < 4.78 is 15.7. The summed E-state index contributed by atoms with van der Waals surface area (Å²) in [4.78, 5) is 33.1. The average molecular weight is 592 g/mol. The van der Waals surface area contributed by atoms with Gasteiger partial charge < -0.3 is 14.0 Å². The number of carbonyl (C=O) groups is 1. The Morgan fingerprint density at radius 2 is 1.77 bits per heavy atom. The van der Waals surface area contributed by atoms with Crippen molar-refractivity contribution in [3.63, 3.8) is 0 Å². The maximum absolute atomic E-state index is 14.3. The van der Waals surface area contributed by atoms with E-state index in [0.29, 0.717) is 26.4 Å². The zero-order chi connectivity index (χ0) is 30.4. The van der Waals surface area contributed by atoms with Crippen LogP contribution >= 0.6 is 11.3 Å². The van der Waals surface area contributed by atoms with E-state index < -0.39 is 12.0 Å². The molecule has 0 unspecified atom stereocenters. The summed E-state index contributed by atoms with van der Waals surface area (Å²) in [6.07, 6.45) is 1.93. The zero-order valence-electron chi connectivity index (χ0n) is 25.1. The van der Waals surface area contributed by atoms with E-state index in [1.807, 2.05) is 42.5 Å². The van der Waals surface area contributed by atoms with E-state index >= 15 is 0 Å². The normalized spacial score (nSPS) is 15.0. The minimum atomic E-state index is -0.779. The molecule has 0 N–H and O–H groups in total. The Morgan fingerprint density at radius 1 is 1.02 bits per heavy atom. The van der Waals surface area contributed by atoms with Crippen molar-refractivity contribution in [2.45, 2.75) is 40.7 Å². The van der Waals surface area contributed by atoms with Crippen molar-refractivity contribution >= 4 is 34.2 Å². The first-order valence-corrected chi connectivity index (χ1v) is 15.1. The molecule has 1 aliphatic rings. The lowest BCUT2D eigenvalue weighted by Gasteiger charge is -2.27. The number of aryl methyl sites for hydroxylation is 2. The lowest BCUT2D eigenvalue weighted by atomic mass is 9.90. The molecule has 6 rings (SSSR count). The van der Waals surface area contributed by atoms with Gasteiger partial charge in [0.05, 0.1) is 29.5 Å². The minimum Gasteiger partial charge on any atom is -0.496 e. The Balaban J connectivity index is 1.60. The molecule has 2 aromatic heterocycles. The van der Waals surface area contributed by atoms with Crippen LogP contribution in [0.15, 0.2) is 87.8 Å². The molecule has 0 saturated carbocycles. The summed E-state index contributed by atoms with van der Waals surface area (Å²) >= 11 is 1.32. The van der Waals surface area contributed by atoms with Crippen LogP contribution in [0.1, 0.15) is 48.0 Å². The van der Waals surface area contributed by atoms with Crippen molar-refractivity contribution < 1.29 is 14.3 Å². The van der Waals surface area contributed by atoms with Crippen LogP contribution in [0.4, 0.5) is 0 Å². The number of allylic oxidation sites excluding steroid dienone is 1. The number of aromatic nitrogens is 2. The van der Waals surface area contributed by atoms with E-state index in [2.05, 4.69) is 55.7 Å². The van der Waals surface area contributed by atoms with E-state index in [1.54, 1.807) is 25.5 Å². The van der Waals surface area contributed by atoms with E-state index in [9.17, 15) is 9.59 Å². The second kappa shape index (κ2) is 11.2. The molecule has 0 saturated heterocycles. The standard InChI is InChI=1S/C35H33N3O4S/c1-7-42-34(40)30-22(4)36-35-38(32(30)31-27-11-9-8-10-24(27)14-17-28(31)41-6)33(39)29(43-35)19-25-18-21(3)37(23(25)5)26-15-12-20(2)13-16-26/h8-19,32H,7H2,1-6H3/b29-19+/t32-/m0/s1. The lowest BCUT2D eigenvalue weighted by molar-refractivity contribution is -0.139. The van der Waals surface area contributed by atoms with Gasteiger partial charge in [-0.05, 0) is 81.3 Å². The van der Waals surface area contributed by atoms with Gasteiger partial charge in [0.15, 0.2) is 4.80 Å². The van der Waals surface area contributed by atoms with Crippen LogP contribution in [0.2, 0.25) is 0 Å². The Kier molecular flexibility index (Phi) is 7.40. The molecule has 3 aromatic carbocycles. The van der Waals surface area contributed by atoms with Crippen molar-refractivity contribution in [1.29, 1.82) is 0 Å². The maximum atomic E-state index is 14.3. The van der Waals surface area contributed by atoms with Crippen LogP contribution in [-0.2, 0) is 9.53 Å². The van der Waals surface area contributed by atoms with Gasteiger partial charge in [0, 0.05) is 22.6 Å². The highest BCUT2D eigenvalue weighted by Gasteiger charge is 2.36. The number of hydrogen-bond donors (Lipinski definition) is 0. The van der Waals surface area contributed by atoms with Gasteiger partial charge in [-0.1, -0.05) is 59.4 Å². The Hall–Kier alpha value is -4.69. The molecule has 0 spiro atoms. The van der Waals surface area contributed by atoms with Gasteiger partial charge in [-0.25, -0.2) is 9.79 Å². The molecule has 0 fully saturated rings. The summed E-state index contributed by atoms with van der Waals surface area (Å²) in [6.45, 7) is 9.96. The fraction of sp³-hybridized carbons (Fsp3) is 0.229. The van der Waals surface area contributed by atoms with Crippen molar-refractivity contribution in [1.82, 2.24) is 9.13 Å². The number of thiazole rings is 1. The molecule has 1 aliphatic heterocycles. The lowest BCUT2D eigenvalue weighted by Crippen LogP contribution is -2.40. The van der Waals surface area contributed by atoms with E-state index in [-0.39, 0.29) is 12.2 Å². The molecule has 5 aromatic rings. The molecule has 7 nitrogen and oxygen atoms in total. The second-order valence-electron chi connectivity index (χ2n) is 10.7. The first-order chi connectivity index (χ1) is 20.7. The van der Waals surface area contributed by atoms with Crippen molar-refractivity contribution in [2.75, 3.05) is 13.7 Å². The van der Waals surface area contributed by atoms with Crippen LogP contribution < -0.4 is 19.6 Å². The molecule has 1 atom stereocenters. The van der Waals surface area contributed by atoms with Crippen molar-refractivity contribution in [3.8, 4) is 11.4 Å². The molecule has 3 heterocycles. The van der Waals surface area contributed by atoms with Gasteiger partial charge in [-0.15, -0.1) is 0 Å². The molecular weight excluding hydrogens is 558 g/mol. The summed E-state index contributed by atoms with van der Waals surface area (Å²) in [5.74, 6) is 0.0797. The number of nitrogens with zero attached hydrogens (tertiary/aromatic N) is 3.